The van der Waals surface area contributed by atoms with E-state index >= 15 is 0 Å². The van der Waals surface area contributed by atoms with Crippen LogP contribution in [0.15, 0.2) is 48.5 Å². The molecule has 6 nitrogen and oxygen atoms in total. The Morgan fingerprint density at radius 1 is 0.679 bits per heavy atom. The highest BCUT2D eigenvalue weighted by Crippen LogP contribution is 2.61. The molecule has 2 bridgehead atoms. The summed E-state index contributed by atoms with van der Waals surface area (Å²) in [6, 6.07) is 15.8. The van der Waals surface area contributed by atoms with Crippen LogP contribution in [0.3, 0.4) is 0 Å². The molecule has 3 aliphatic carbocycles. The van der Waals surface area contributed by atoms with Crippen molar-refractivity contribution in [3.63, 3.8) is 0 Å². The van der Waals surface area contributed by atoms with Gasteiger partial charge in [-0.05, 0) is 22.3 Å². The van der Waals surface area contributed by atoms with Crippen LogP contribution in [0.25, 0.3) is 0 Å². The number of aliphatic hydroxyl groups is 3. The van der Waals surface area contributed by atoms with E-state index in [9.17, 15) is 24.9 Å². The second kappa shape index (κ2) is 5.98. The van der Waals surface area contributed by atoms with Gasteiger partial charge in [0.2, 0.25) is 11.8 Å². The molecule has 6 heteroatoms. The maximum atomic E-state index is 13.5. The Balaban J connectivity index is 1.73. The average molecular weight is 379 g/mol. The normalized spacial score (nSPS) is 27.6. The summed E-state index contributed by atoms with van der Waals surface area (Å²) in [4.78, 5) is 27.9. The fourth-order valence-corrected chi connectivity index (χ4v) is 5.51. The van der Waals surface area contributed by atoms with Crippen molar-refractivity contribution < 1.29 is 24.9 Å². The molecule has 1 fully saturated rings. The van der Waals surface area contributed by atoms with Gasteiger partial charge in [-0.3, -0.25) is 14.5 Å². The van der Waals surface area contributed by atoms with Gasteiger partial charge in [0.1, 0.15) is 5.54 Å². The summed E-state index contributed by atoms with van der Waals surface area (Å²) in [6.07, 6.45) is 0. The summed E-state index contributed by atoms with van der Waals surface area (Å²) in [5.74, 6) is -2.54. The number of hydrogen-bond donors (Lipinski definition) is 3. The molecule has 6 rings (SSSR count). The Bertz CT molecular complexity index is 859. The molecular formula is C22H21NO5. The number of amides is 2. The monoisotopic (exact) mass is 379 g/mol. The van der Waals surface area contributed by atoms with E-state index in [-0.39, 0.29) is 11.8 Å². The lowest BCUT2D eigenvalue weighted by molar-refractivity contribution is -0.155. The Morgan fingerprint density at radius 3 is 1.29 bits per heavy atom. The summed E-state index contributed by atoms with van der Waals surface area (Å²) < 4.78 is 0. The first-order chi connectivity index (χ1) is 13.6. The summed E-state index contributed by atoms with van der Waals surface area (Å²) in [5.41, 5.74) is 2.52. The van der Waals surface area contributed by atoms with E-state index < -0.39 is 49.0 Å². The van der Waals surface area contributed by atoms with Crippen molar-refractivity contribution in [2.45, 2.75) is 17.4 Å². The van der Waals surface area contributed by atoms with Gasteiger partial charge < -0.3 is 15.3 Å². The molecule has 2 amide bonds. The van der Waals surface area contributed by atoms with Crippen molar-refractivity contribution in [3.8, 4) is 0 Å². The van der Waals surface area contributed by atoms with E-state index in [2.05, 4.69) is 0 Å². The van der Waals surface area contributed by atoms with Crippen molar-refractivity contribution in [1.29, 1.82) is 0 Å². The summed E-state index contributed by atoms with van der Waals surface area (Å²) in [7, 11) is 0. The molecule has 1 heterocycles. The molecule has 144 valence electrons. The lowest BCUT2D eigenvalue weighted by Gasteiger charge is -2.45. The smallest absolute Gasteiger partial charge is 0.234 e. The van der Waals surface area contributed by atoms with E-state index in [4.69, 9.17) is 0 Å². The number of nitrogens with zero attached hydrogens (tertiary/aromatic N) is 1. The van der Waals surface area contributed by atoms with Crippen LogP contribution in [0.1, 0.15) is 34.1 Å². The number of aliphatic hydroxyl groups excluding tert-OH is 3. The highest BCUT2D eigenvalue weighted by molar-refractivity contribution is 6.08. The lowest BCUT2D eigenvalue weighted by atomic mass is 9.55. The third kappa shape index (κ3) is 1.92. The van der Waals surface area contributed by atoms with E-state index in [1.54, 1.807) is 0 Å². The quantitative estimate of drug-likeness (QED) is 0.676. The minimum absolute atomic E-state index is 0.252. The van der Waals surface area contributed by atoms with Crippen LogP contribution in [0.5, 0.6) is 0 Å². The molecule has 1 aliphatic heterocycles. The molecular weight excluding hydrogens is 358 g/mol. The molecule has 28 heavy (non-hydrogen) atoms. The van der Waals surface area contributed by atoms with Gasteiger partial charge >= 0.3 is 0 Å². The third-order valence-corrected chi connectivity index (χ3v) is 6.81. The molecule has 2 aromatic rings. The lowest BCUT2D eigenvalue weighted by Crippen LogP contribution is -2.60. The van der Waals surface area contributed by atoms with Gasteiger partial charge in [0, 0.05) is 11.8 Å². The predicted octanol–water partition coefficient (Wildman–Crippen LogP) is 0.594. The van der Waals surface area contributed by atoms with Gasteiger partial charge in [-0.2, -0.15) is 0 Å². The van der Waals surface area contributed by atoms with Crippen molar-refractivity contribution in [3.05, 3.63) is 70.8 Å². The zero-order chi connectivity index (χ0) is 19.6. The standard InChI is InChI=1S/C22H21NO5/c24-9-22(10-25,11-26)23-20(27)18-16-12-5-1-2-6-13(12)17(19(18)21(23)28)15-8-4-3-7-14(15)16/h1-8,16-19,24-26H,9-11H2/t16?,17?,18-,19-/m1/s1. The largest absolute Gasteiger partial charge is 0.394 e. The van der Waals surface area contributed by atoms with E-state index in [0.717, 1.165) is 27.2 Å². The van der Waals surface area contributed by atoms with Crippen molar-refractivity contribution in [1.82, 2.24) is 4.90 Å². The molecule has 1 saturated heterocycles. The molecule has 0 aromatic heterocycles. The molecule has 0 spiro atoms. The number of imide groups is 1. The van der Waals surface area contributed by atoms with E-state index in [1.807, 2.05) is 48.5 Å². The summed E-state index contributed by atoms with van der Waals surface area (Å²) >= 11 is 0. The van der Waals surface area contributed by atoms with Crippen LogP contribution in [-0.2, 0) is 9.59 Å². The molecule has 0 saturated carbocycles. The number of rotatable bonds is 4. The number of carbonyl (C=O) groups excluding carboxylic acids is 2. The van der Waals surface area contributed by atoms with Crippen LogP contribution < -0.4 is 0 Å². The topological polar surface area (TPSA) is 98.1 Å². The average Bonchev–Trinajstić information content (AvgIpc) is 3.02. The maximum Gasteiger partial charge on any atom is 0.234 e. The number of hydrogen-bond acceptors (Lipinski definition) is 5. The number of likely N-dealkylation sites (tertiary alicyclic amines) is 1. The van der Waals surface area contributed by atoms with E-state index in [0.29, 0.717) is 0 Å². The minimum Gasteiger partial charge on any atom is -0.394 e. The van der Waals surface area contributed by atoms with Gasteiger partial charge in [0.15, 0.2) is 0 Å². The van der Waals surface area contributed by atoms with Crippen LogP contribution in [0.4, 0.5) is 0 Å². The van der Waals surface area contributed by atoms with Gasteiger partial charge in [0.25, 0.3) is 0 Å². The molecule has 0 unspecified atom stereocenters. The Hall–Kier alpha value is -2.54. The highest BCUT2D eigenvalue weighted by atomic mass is 16.3. The summed E-state index contributed by atoms with van der Waals surface area (Å²) in [5, 5.41) is 29.5. The van der Waals surface area contributed by atoms with E-state index in [1.165, 1.54) is 0 Å². The van der Waals surface area contributed by atoms with Crippen molar-refractivity contribution in [2.24, 2.45) is 11.8 Å². The Morgan fingerprint density at radius 2 is 1.00 bits per heavy atom. The first kappa shape index (κ1) is 17.6. The second-order valence-electron chi connectivity index (χ2n) is 7.98. The Labute approximate surface area is 162 Å². The molecule has 2 atom stereocenters. The predicted molar refractivity (Wildman–Crippen MR) is 99.4 cm³/mol. The van der Waals surface area contributed by atoms with Crippen molar-refractivity contribution in [2.75, 3.05) is 19.8 Å². The Kier molecular flexibility index (Phi) is 3.75. The zero-order valence-electron chi connectivity index (χ0n) is 15.2. The van der Waals surface area contributed by atoms with Crippen molar-refractivity contribution >= 4 is 11.8 Å². The number of carbonyl (C=O) groups is 2. The second-order valence-corrected chi connectivity index (χ2v) is 7.98. The first-order valence-corrected chi connectivity index (χ1v) is 9.48. The van der Waals surface area contributed by atoms with Gasteiger partial charge in [-0.1, -0.05) is 48.5 Å². The van der Waals surface area contributed by atoms with Gasteiger partial charge in [-0.25, -0.2) is 0 Å². The van der Waals surface area contributed by atoms with Gasteiger partial charge in [-0.15, -0.1) is 0 Å². The first-order valence-electron chi connectivity index (χ1n) is 9.48. The van der Waals surface area contributed by atoms with Crippen LogP contribution in [0, 0.1) is 11.8 Å². The molecule has 4 aliphatic rings. The molecule has 3 N–H and O–H groups in total. The minimum atomic E-state index is -1.69. The zero-order valence-corrected chi connectivity index (χ0v) is 15.2. The van der Waals surface area contributed by atoms with Gasteiger partial charge in [0.05, 0.1) is 31.7 Å². The SMILES string of the molecule is O=C1[C@@H]2C3c4ccccc4C(c4ccccc43)[C@H]2C(=O)N1C(CO)(CO)CO. The van der Waals surface area contributed by atoms with Crippen LogP contribution in [0.2, 0.25) is 0 Å². The number of benzene rings is 2. The summed E-state index contributed by atoms with van der Waals surface area (Å²) in [6.45, 7) is -2.07. The maximum absolute atomic E-state index is 13.5. The molecule has 0 radical (unpaired) electrons. The molecule has 2 aromatic carbocycles. The van der Waals surface area contributed by atoms with Crippen LogP contribution >= 0.6 is 0 Å². The van der Waals surface area contributed by atoms with Crippen LogP contribution in [-0.4, -0.2) is 57.4 Å². The third-order valence-electron chi connectivity index (χ3n) is 6.81. The fraction of sp³-hybridized carbons (Fsp3) is 0.364. The highest BCUT2D eigenvalue weighted by Gasteiger charge is 2.64. The fourth-order valence-electron chi connectivity index (χ4n) is 5.51.